The number of esters is 1. The summed E-state index contributed by atoms with van der Waals surface area (Å²) >= 11 is 1.70. The smallest absolute Gasteiger partial charge is 0.314 e. The van der Waals surface area contributed by atoms with Crippen LogP contribution in [0.5, 0.6) is 0 Å². The predicted molar refractivity (Wildman–Crippen MR) is 60.1 cm³/mol. The molecule has 15 heavy (non-hydrogen) atoms. The second-order valence-corrected chi connectivity index (χ2v) is 4.81. The number of carbonyl (C=O) groups is 1. The minimum atomic E-state index is -0.0680. The molecule has 1 aromatic heterocycles. The summed E-state index contributed by atoms with van der Waals surface area (Å²) in [7, 11) is 0. The third-order valence-electron chi connectivity index (χ3n) is 2.72. The van der Waals surface area contributed by atoms with Crippen LogP contribution in [0, 0.1) is 0 Å². The first kappa shape index (κ1) is 8.92. The van der Waals surface area contributed by atoms with E-state index in [1.165, 1.54) is 10.1 Å². The first-order valence-electron chi connectivity index (χ1n) is 5.00. The van der Waals surface area contributed by atoms with E-state index in [4.69, 9.17) is 4.74 Å². The Bertz CT molecular complexity index is 482. The van der Waals surface area contributed by atoms with E-state index < -0.39 is 0 Å². The van der Waals surface area contributed by atoms with Crippen LogP contribution in [-0.4, -0.2) is 12.6 Å². The zero-order valence-electron chi connectivity index (χ0n) is 8.10. The Morgan fingerprint density at radius 3 is 2.93 bits per heavy atom. The fourth-order valence-electron chi connectivity index (χ4n) is 1.93. The van der Waals surface area contributed by atoms with Crippen molar-refractivity contribution in [3.63, 3.8) is 0 Å². The second-order valence-electron chi connectivity index (χ2n) is 3.70. The van der Waals surface area contributed by atoms with Crippen LogP contribution >= 0.6 is 11.3 Å². The zero-order chi connectivity index (χ0) is 10.3. The Balaban J connectivity index is 2.08. The van der Waals surface area contributed by atoms with E-state index in [1.54, 1.807) is 11.3 Å². The van der Waals surface area contributed by atoms with E-state index in [2.05, 4.69) is 18.2 Å². The number of thiophene rings is 1. The van der Waals surface area contributed by atoms with Gasteiger partial charge in [0.1, 0.15) is 0 Å². The molecule has 1 atom stereocenters. The topological polar surface area (TPSA) is 26.3 Å². The minimum Gasteiger partial charge on any atom is -0.465 e. The van der Waals surface area contributed by atoms with E-state index in [1.807, 2.05) is 12.1 Å². The van der Waals surface area contributed by atoms with Gasteiger partial charge >= 0.3 is 5.97 Å². The number of benzene rings is 1. The number of rotatable bonds is 1. The van der Waals surface area contributed by atoms with Crippen LogP contribution in [0.15, 0.2) is 30.3 Å². The molecule has 2 heterocycles. The summed E-state index contributed by atoms with van der Waals surface area (Å²) in [6.07, 6.45) is 0.825. The standard InChI is InChI=1S/C12H10O2S/c13-12-9(5-6-14-12)11-7-8-3-1-2-4-10(8)15-11/h1-4,7,9H,5-6H2. The summed E-state index contributed by atoms with van der Waals surface area (Å²) in [5.41, 5.74) is 0. The van der Waals surface area contributed by atoms with Crippen LogP contribution in [0.2, 0.25) is 0 Å². The Morgan fingerprint density at radius 2 is 2.20 bits per heavy atom. The van der Waals surface area contributed by atoms with Crippen LogP contribution in [0.4, 0.5) is 0 Å². The van der Waals surface area contributed by atoms with Gasteiger partial charge in [0.05, 0.1) is 12.5 Å². The van der Waals surface area contributed by atoms with E-state index in [-0.39, 0.29) is 11.9 Å². The minimum absolute atomic E-state index is 0.0256. The number of ether oxygens (including phenoxy) is 1. The van der Waals surface area contributed by atoms with E-state index >= 15 is 0 Å². The Kier molecular flexibility index (Phi) is 1.99. The van der Waals surface area contributed by atoms with Crippen molar-refractivity contribution in [2.24, 2.45) is 0 Å². The number of hydrogen-bond acceptors (Lipinski definition) is 3. The Hall–Kier alpha value is -1.35. The fourth-order valence-corrected chi connectivity index (χ4v) is 3.12. The van der Waals surface area contributed by atoms with E-state index in [0.29, 0.717) is 6.61 Å². The van der Waals surface area contributed by atoms with Crippen LogP contribution in [-0.2, 0) is 9.53 Å². The zero-order valence-corrected chi connectivity index (χ0v) is 8.92. The maximum Gasteiger partial charge on any atom is 0.314 e. The van der Waals surface area contributed by atoms with Crippen molar-refractivity contribution in [2.75, 3.05) is 6.61 Å². The van der Waals surface area contributed by atoms with Crippen molar-refractivity contribution in [1.82, 2.24) is 0 Å². The van der Waals surface area contributed by atoms with Gasteiger partial charge in [-0.25, -0.2) is 0 Å². The lowest BCUT2D eigenvalue weighted by Gasteiger charge is -1.99. The van der Waals surface area contributed by atoms with Crippen molar-refractivity contribution in [2.45, 2.75) is 12.3 Å². The van der Waals surface area contributed by atoms with Crippen molar-refractivity contribution in [1.29, 1.82) is 0 Å². The summed E-state index contributed by atoms with van der Waals surface area (Å²) in [4.78, 5) is 12.6. The monoisotopic (exact) mass is 218 g/mol. The lowest BCUT2D eigenvalue weighted by molar-refractivity contribution is -0.139. The summed E-state index contributed by atoms with van der Waals surface area (Å²) in [6.45, 7) is 0.567. The van der Waals surface area contributed by atoms with Gasteiger partial charge < -0.3 is 4.74 Å². The van der Waals surface area contributed by atoms with Gasteiger partial charge in [-0.2, -0.15) is 0 Å². The van der Waals surface area contributed by atoms with Crippen LogP contribution < -0.4 is 0 Å². The maximum absolute atomic E-state index is 11.4. The molecule has 1 saturated heterocycles. The molecule has 1 aliphatic heterocycles. The molecule has 3 heteroatoms. The van der Waals surface area contributed by atoms with Gasteiger partial charge in [-0.3, -0.25) is 4.79 Å². The molecule has 1 fully saturated rings. The van der Waals surface area contributed by atoms with Crippen LogP contribution in [0.25, 0.3) is 10.1 Å². The van der Waals surface area contributed by atoms with Gasteiger partial charge in [0.25, 0.3) is 0 Å². The maximum atomic E-state index is 11.4. The average Bonchev–Trinajstić information content (AvgIpc) is 2.82. The highest BCUT2D eigenvalue weighted by Crippen LogP contribution is 2.35. The highest BCUT2D eigenvalue weighted by atomic mass is 32.1. The van der Waals surface area contributed by atoms with E-state index in [9.17, 15) is 4.79 Å². The number of hydrogen-bond donors (Lipinski definition) is 0. The average molecular weight is 218 g/mol. The third-order valence-corrected chi connectivity index (χ3v) is 3.95. The van der Waals surface area contributed by atoms with Crippen LogP contribution in [0.3, 0.4) is 0 Å². The van der Waals surface area contributed by atoms with Crippen molar-refractivity contribution < 1.29 is 9.53 Å². The predicted octanol–water partition coefficient (Wildman–Crippen LogP) is 2.93. The first-order valence-corrected chi connectivity index (χ1v) is 5.81. The molecule has 1 unspecified atom stereocenters. The van der Waals surface area contributed by atoms with Gasteiger partial charge in [-0.15, -0.1) is 11.3 Å². The Labute approximate surface area is 91.5 Å². The van der Waals surface area contributed by atoms with Gasteiger partial charge in [-0.05, 0) is 23.9 Å². The quantitative estimate of drug-likeness (QED) is 0.688. The lowest BCUT2D eigenvalue weighted by Crippen LogP contribution is -2.03. The molecule has 1 aliphatic rings. The Morgan fingerprint density at radius 1 is 1.33 bits per heavy atom. The molecule has 0 amide bonds. The molecule has 2 aromatic rings. The molecular weight excluding hydrogens is 208 g/mol. The van der Waals surface area contributed by atoms with Gasteiger partial charge in [0.15, 0.2) is 0 Å². The molecule has 0 radical (unpaired) electrons. The third kappa shape index (κ3) is 1.43. The normalized spacial score (nSPS) is 20.8. The molecule has 1 aromatic carbocycles. The SMILES string of the molecule is O=C1OCCC1c1cc2ccccc2s1. The molecule has 0 spiro atoms. The molecule has 3 rings (SSSR count). The molecule has 2 nitrogen and oxygen atoms in total. The summed E-state index contributed by atoms with van der Waals surface area (Å²) < 4.78 is 6.23. The number of cyclic esters (lactones) is 1. The first-order chi connectivity index (χ1) is 7.34. The number of carbonyl (C=O) groups excluding carboxylic acids is 1. The number of fused-ring (bicyclic) bond motifs is 1. The second kappa shape index (κ2) is 3.35. The van der Waals surface area contributed by atoms with Gasteiger partial charge in [0, 0.05) is 9.58 Å². The largest absolute Gasteiger partial charge is 0.465 e. The molecular formula is C12H10O2S. The van der Waals surface area contributed by atoms with Gasteiger partial charge in [0.2, 0.25) is 0 Å². The van der Waals surface area contributed by atoms with Gasteiger partial charge in [-0.1, -0.05) is 18.2 Å². The molecule has 0 saturated carbocycles. The highest BCUT2D eigenvalue weighted by Gasteiger charge is 2.29. The molecule has 0 aliphatic carbocycles. The molecule has 76 valence electrons. The van der Waals surface area contributed by atoms with E-state index in [0.717, 1.165) is 11.3 Å². The van der Waals surface area contributed by atoms with Crippen LogP contribution in [0.1, 0.15) is 17.2 Å². The highest BCUT2D eigenvalue weighted by molar-refractivity contribution is 7.19. The molecule has 0 N–H and O–H groups in total. The van der Waals surface area contributed by atoms with Crippen molar-refractivity contribution in [3.05, 3.63) is 35.2 Å². The fraction of sp³-hybridized carbons (Fsp3) is 0.250. The molecule has 0 bridgehead atoms. The lowest BCUT2D eigenvalue weighted by atomic mass is 10.1. The van der Waals surface area contributed by atoms with Crippen molar-refractivity contribution >= 4 is 27.4 Å². The summed E-state index contributed by atoms with van der Waals surface area (Å²) in [5, 5.41) is 1.22. The summed E-state index contributed by atoms with van der Waals surface area (Å²) in [5.74, 6) is -0.0936. The van der Waals surface area contributed by atoms with Crippen molar-refractivity contribution in [3.8, 4) is 0 Å². The summed E-state index contributed by atoms with van der Waals surface area (Å²) in [6, 6.07) is 10.3.